The number of rotatable bonds is 7. The minimum absolute atomic E-state index is 0.00842. The van der Waals surface area contributed by atoms with Crippen LogP contribution in [0.25, 0.3) is 11.0 Å². The number of nitrogens with one attached hydrogen (secondary N) is 1. The molecule has 1 atom stereocenters. The first-order valence-electron chi connectivity index (χ1n) is 13.0. The van der Waals surface area contributed by atoms with Gasteiger partial charge in [0, 0.05) is 27.3 Å². The third-order valence-corrected chi connectivity index (χ3v) is 7.51. The number of nitrogens with zero attached hydrogens (tertiary/aromatic N) is 3. The Morgan fingerprint density at radius 1 is 0.907 bits per heavy atom. The quantitative estimate of drug-likeness (QED) is 0.156. The highest BCUT2D eigenvalue weighted by molar-refractivity contribution is 6.31. The largest absolute Gasteiger partial charge is 0.341 e. The molecule has 0 radical (unpaired) electrons. The summed E-state index contributed by atoms with van der Waals surface area (Å²) in [6, 6.07) is 21.4. The molecule has 12 heteroatoms. The highest BCUT2D eigenvalue weighted by Gasteiger charge is 2.39. The minimum atomic E-state index is -3.46. The Kier molecular flexibility index (Phi) is 7.35. The van der Waals surface area contributed by atoms with Crippen LogP contribution in [-0.2, 0) is 6.54 Å². The molecular formula is C31H20ClF5N4O2. The van der Waals surface area contributed by atoms with Crippen molar-refractivity contribution in [3.8, 4) is 0 Å². The first kappa shape index (κ1) is 28.4. The van der Waals surface area contributed by atoms with E-state index in [1.165, 1.54) is 12.1 Å². The molecule has 4 aromatic carbocycles. The molecule has 1 aliphatic heterocycles. The smallest absolute Gasteiger partial charge is 0.333 e. The van der Waals surface area contributed by atoms with Crippen LogP contribution in [0, 0.1) is 5.82 Å². The summed E-state index contributed by atoms with van der Waals surface area (Å²) in [7, 11) is 0. The van der Waals surface area contributed by atoms with Gasteiger partial charge in [-0.2, -0.15) is 8.78 Å². The number of aromatic nitrogens is 2. The molecule has 5 aromatic rings. The van der Waals surface area contributed by atoms with Crippen LogP contribution in [0.1, 0.15) is 45.2 Å². The number of fused-ring (bicyclic) bond motifs is 3. The average molecular weight is 611 g/mol. The van der Waals surface area contributed by atoms with Gasteiger partial charge in [-0.25, -0.2) is 27.5 Å². The first-order chi connectivity index (χ1) is 20.7. The van der Waals surface area contributed by atoms with Crippen molar-refractivity contribution in [1.29, 1.82) is 0 Å². The molecule has 0 aliphatic carbocycles. The van der Waals surface area contributed by atoms with Crippen LogP contribution in [0.3, 0.4) is 0 Å². The molecule has 6 rings (SSSR count). The fourth-order valence-corrected chi connectivity index (χ4v) is 5.63. The summed E-state index contributed by atoms with van der Waals surface area (Å²) < 4.78 is 70.8. The van der Waals surface area contributed by atoms with Crippen molar-refractivity contribution in [3.63, 3.8) is 0 Å². The van der Waals surface area contributed by atoms with E-state index in [0.717, 1.165) is 12.1 Å². The molecule has 0 saturated carbocycles. The van der Waals surface area contributed by atoms with Crippen molar-refractivity contribution < 1.29 is 26.7 Å². The fourth-order valence-electron chi connectivity index (χ4n) is 5.40. The van der Waals surface area contributed by atoms with E-state index in [-0.39, 0.29) is 37.5 Å². The van der Waals surface area contributed by atoms with Crippen molar-refractivity contribution in [2.45, 2.75) is 25.6 Å². The Morgan fingerprint density at radius 3 is 2.12 bits per heavy atom. The molecule has 1 unspecified atom stereocenters. The summed E-state index contributed by atoms with van der Waals surface area (Å²) in [6.07, 6.45) is -3.06. The highest BCUT2D eigenvalue weighted by Crippen LogP contribution is 2.44. The van der Waals surface area contributed by atoms with Crippen LogP contribution >= 0.6 is 11.6 Å². The molecule has 1 aromatic heterocycles. The average Bonchev–Trinajstić information content (AvgIpc) is 3.47. The van der Waals surface area contributed by atoms with Crippen LogP contribution in [0.2, 0.25) is 5.02 Å². The number of carbonyl (C=O) groups is 1. The van der Waals surface area contributed by atoms with E-state index in [0.29, 0.717) is 21.4 Å². The molecule has 0 spiro atoms. The van der Waals surface area contributed by atoms with E-state index in [1.807, 2.05) is 0 Å². The second-order valence-corrected chi connectivity index (χ2v) is 10.2. The van der Waals surface area contributed by atoms with Crippen molar-refractivity contribution in [2.75, 3.05) is 0 Å². The van der Waals surface area contributed by atoms with Gasteiger partial charge in [0.25, 0.3) is 12.3 Å². The summed E-state index contributed by atoms with van der Waals surface area (Å²) in [4.78, 5) is 31.5. The van der Waals surface area contributed by atoms with Gasteiger partial charge in [0.1, 0.15) is 5.82 Å². The van der Waals surface area contributed by atoms with Crippen LogP contribution in [0.4, 0.5) is 27.6 Å². The number of hydrogen-bond acceptors (Lipinski definition) is 3. The SMILES string of the molecule is O=C1NC(c2cc(F)ccc2Cl)c2c(N=C(c3ccccc3)c3ccccc3)cc3c(c21)n(C(F)F)c(=O)n3CC(F)F. The lowest BCUT2D eigenvalue weighted by Gasteiger charge is -2.17. The summed E-state index contributed by atoms with van der Waals surface area (Å²) in [5.74, 6) is -1.55. The number of carbonyl (C=O) groups excluding carboxylic acids is 1. The Hall–Kier alpha value is -4.77. The van der Waals surface area contributed by atoms with Crippen molar-refractivity contribution in [2.24, 2.45) is 4.99 Å². The van der Waals surface area contributed by atoms with Gasteiger partial charge in [0.05, 0.1) is 40.6 Å². The van der Waals surface area contributed by atoms with Gasteiger partial charge < -0.3 is 5.32 Å². The van der Waals surface area contributed by atoms with E-state index in [4.69, 9.17) is 16.6 Å². The lowest BCUT2D eigenvalue weighted by Crippen LogP contribution is -2.27. The predicted molar refractivity (Wildman–Crippen MR) is 152 cm³/mol. The number of benzene rings is 4. The molecule has 6 nitrogen and oxygen atoms in total. The van der Waals surface area contributed by atoms with Crippen LogP contribution in [0.5, 0.6) is 0 Å². The zero-order valence-corrected chi connectivity index (χ0v) is 22.7. The fraction of sp³-hybridized carbons (Fsp3) is 0.129. The third kappa shape index (κ3) is 4.99. The second-order valence-electron chi connectivity index (χ2n) is 9.75. The predicted octanol–water partition coefficient (Wildman–Crippen LogP) is 7.26. The van der Waals surface area contributed by atoms with Gasteiger partial charge in [0.2, 0.25) is 0 Å². The summed E-state index contributed by atoms with van der Waals surface area (Å²) in [6.45, 7) is -4.65. The maximum absolute atomic E-state index is 14.4. The maximum atomic E-state index is 14.4. The Bertz CT molecular complexity index is 1920. The molecule has 1 aliphatic rings. The molecular weight excluding hydrogens is 591 g/mol. The van der Waals surface area contributed by atoms with Crippen LogP contribution in [-0.4, -0.2) is 27.2 Å². The Balaban J connectivity index is 1.76. The highest BCUT2D eigenvalue weighted by atomic mass is 35.5. The molecule has 0 fully saturated rings. The molecule has 1 N–H and O–H groups in total. The van der Waals surface area contributed by atoms with Gasteiger partial charge in [-0.1, -0.05) is 72.3 Å². The molecule has 2 heterocycles. The van der Waals surface area contributed by atoms with Crippen molar-refractivity contribution in [1.82, 2.24) is 14.5 Å². The number of alkyl halides is 4. The van der Waals surface area contributed by atoms with Crippen LogP contribution in [0.15, 0.2) is 94.7 Å². The minimum Gasteiger partial charge on any atom is -0.341 e. The van der Waals surface area contributed by atoms with Gasteiger partial charge in [-0.15, -0.1) is 0 Å². The van der Waals surface area contributed by atoms with E-state index in [9.17, 15) is 31.5 Å². The monoisotopic (exact) mass is 610 g/mol. The Labute approximate surface area is 245 Å². The van der Waals surface area contributed by atoms with Gasteiger partial charge >= 0.3 is 12.2 Å². The molecule has 0 saturated heterocycles. The van der Waals surface area contributed by atoms with Gasteiger partial charge in [0.15, 0.2) is 0 Å². The number of halogens is 6. The van der Waals surface area contributed by atoms with Crippen molar-refractivity contribution in [3.05, 3.63) is 134 Å². The molecule has 218 valence electrons. The molecule has 0 bridgehead atoms. The lowest BCUT2D eigenvalue weighted by molar-refractivity contribution is 0.0682. The van der Waals surface area contributed by atoms with Crippen molar-refractivity contribution >= 4 is 39.9 Å². The zero-order valence-electron chi connectivity index (χ0n) is 21.9. The standard InChI is InChI=1S/C31H20ClF5N4O2/c32-20-12-11-18(33)13-19(20)27-24-21(38-26(16-7-3-1-4-8-16)17-9-5-2-6-10-17)14-22-28(25(24)29(42)39-27)41(30(36)37)31(43)40(22)15-23(34)35/h1-14,23,27,30H,15H2,(H,39,42). The summed E-state index contributed by atoms with van der Waals surface area (Å²) in [5.41, 5.74) is -0.780. The van der Waals surface area contributed by atoms with E-state index in [2.05, 4.69) is 5.32 Å². The summed E-state index contributed by atoms with van der Waals surface area (Å²) in [5, 5.41) is 2.72. The van der Waals surface area contributed by atoms with Gasteiger partial charge in [-0.05, 0) is 24.3 Å². The first-order valence-corrected chi connectivity index (χ1v) is 13.4. The maximum Gasteiger partial charge on any atom is 0.333 e. The van der Waals surface area contributed by atoms with Gasteiger partial charge in [-0.3, -0.25) is 9.36 Å². The third-order valence-electron chi connectivity index (χ3n) is 7.17. The number of hydrogen-bond donors (Lipinski definition) is 1. The topological polar surface area (TPSA) is 68.4 Å². The molecule has 43 heavy (non-hydrogen) atoms. The lowest BCUT2D eigenvalue weighted by atomic mass is 9.94. The number of imidazole rings is 1. The molecule has 1 amide bonds. The van der Waals surface area contributed by atoms with E-state index >= 15 is 0 Å². The van der Waals surface area contributed by atoms with Crippen LogP contribution < -0.4 is 11.0 Å². The summed E-state index contributed by atoms with van der Waals surface area (Å²) >= 11 is 6.41. The normalized spacial score (nSPS) is 14.4. The Morgan fingerprint density at radius 2 is 1.53 bits per heavy atom. The second kappa shape index (κ2) is 11.1. The zero-order chi connectivity index (χ0) is 30.4. The van der Waals surface area contributed by atoms with E-state index in [1.54, 1.807) is 60.7 Å². The van der Waals surface area contributed by atoms with E-state index < -0.39 is 48.5 Å². The number of aliphatic imine (C=N–C) groups is 1. The number of amides is 1.